The molecule has 2 aliphatic rings. The Bertz CT molecular complexity index is 459. The molecule has 3 heteroatoms. The molecule has 110 valence electrons. The molecule has 2 bridgehead atoms. The van der Waals surface area contributed by atoms with Gasteiger partial charge in [0, 0.05) is 11.8 Å². The van der Waals surface area contributed by atoms with Gasteiger partial charge in [-0.25, -0.2) is 0 Å². The van der Waals surface area contributed by atoms with E-state index >= 15 is 0 Å². The maximum atomic E-state index is 6.28. The van der Waals surface area contributed by atoms with Crippen LogP contribution in [0.15, 0.2) is 24.3 Å². The average Bonchev–Trinajstić information content (AvgIpc) is 2.45. The fourth-order valence-corrected chi connectivity index (χ4v) is 3.29. The minimum Gasteiger partial charge on any atom is -0.374 e. The summed E-state index contributed by atoms with van der Waals surface area (Å²) in [6, 6.07) is 8.37. The van der Waals surface area contributed by atoms with E-state index < -0.39 is 0 Å². The Kier molecular flexibility index (Phi) is 4.11. The second-order valence-corrected chi connectivity index (χ2v) is 6.16. The highest BCUT2D eigenvalue weighted by molar-refractivity contribution is 5.26. The minimum atomic E-state index is 0.136. The molecule has 5 atom stereocenters. The zero-order valence-electron chi connectivity index (χ0n) is 12.5. The molecule has 0 radical (unpaired) electrons. The van der Waals surface area contributed by atoms with Crippen LogP contribution in [0.5, 0.6) is 0 Å². The van der Waals surface area contributed by atoms with Crippen LogP contribution in [0.2, 0.25) is 0 Å². The van der Waals surface area contributed by atoms with Gasteiger partial charge in [0.05, 0.1) is 38.1 Å². The minimum absolute atomic E-state index is 0.136. The number of rotatable bonds is 0. The molecular weight excluding hydrogens is 252 g/mol. The predicted molar refractivity (Wildman–Crippen MR) is 77.3 cm³/mol. The standard InChI is InChI=1S/C17H24O3/c1-11-13(3)20-16-10-18-8-14-6-4-5-7-15(14)9-19-17(11)12(16)2/h4-7,11-13,16-17H,8-10H2,1-3H3/t11-,12+,13?,16?,17?/m1/s1. The van der Waals surface area contributed by atoms with E-state index in [1.54, 1.807) is 0 Å². The molecule has 1 aromatic rings. The van der Waals surface area contributed by atoms with Gasteiger partial charge in [0.2, 0.25) is 0 Å². The number of hydrogen-bond donors (Lipinski definition) is 0. The van der Waals surface area contributed by atoms with Crippen molar-refractivity contribution in [2.45, 2.75) is 52.3 Å². The van der Waals surface area contributed by atoms with Gasteiger partial charge < -0.3 is 14.2 Å². The third kappa shape index (κ3) is 2.62. The van der Waals surface area contributed by atoms with E-state index in [4.69, 9.17) is 14.2 Å². The van der Waals surface area contributed by atoms with Crippen molar-refractivity contribution in [2.75, 3.05) is 6.61 Å². The lowest BCUT2D eigenvalue weighted by Crippen LogP contribution is -2.50. The lowest BCUT2D eigenvalue weighted by atomic mass is 9.83. The van der Waals surface area contributed by atoms with Gasteiger partial charge in [-0.2, -0.15) is 0 Å². The van der Waals surface area contributed by atoms with E-state index in [0.29, 0.717) is 31.7 Å². The Hall–Kier alpha value is -0.900. The van der Waals surface area contributed by atoms with Crippen molar-refractivity contribution in [3.63, 3.8) is 0 Å². The van der Waals surface area contributed by atoms with Crippen molar-refractivity contribution < 1.29 is 14.2 Å². The van der Waals surface area contributed by atoms with E-state index in [-0.39, 0.29) is 18.3 Å². The largest absolute Gasteiger partial charge is 0.374 e. The van der Waals surface area contributed by atoms with Crippen LogP contribution in [0.25, 0.3) is 0 Å². The number of fused-ring (bicyclic) bond motifs is 3. The molecule has 20 heavy (non-hydrogen) atoms. The van der Waals surface area contributed by atoms with Crippen LogP contribution in [0.3, 0.4) is 0 Å². The first-order chi connectivity index (χ1) is 9.66. The van der Waals surface area contributed by atoms with Crippen molar-refractivity contribution in [3.05, 3.63) is 35.4 Å². The number of hydrogen-bond acceptors (Lipinski definition) is 3. The molecule has 3 nitrogen and oxygen atoms in total. The van der Waals surface area contributed by atoms with Crippen molar-refractivity contribution in [2.24, 2.45) is 11.8 Å². The second kappa shape index (κ2) is 5.84. The maximum absolute atomic E-state index is 6.28. The first-order valence-electron chi connectivity index (χ1n) is 7.58. The van der Waals surface area contributed by atoms with E-state index in [0.717, 1.165) is 0 Å². The van der Waals surface area contributed by atoms with Gasteiger partial charge in [-0.1, -0.05) is 38.1 Å². The van der Waals surface area contributed by atoms with E-state index in [9.17, 15) is 0 Å². The molecule has 0 aromatic heterocycles. The summed E-state index contributed by atoms with van der Waals surface area (Å²) in [4.78, 5) is 0. The summed E-state index contributed by atoms with van der Waals surface area (Å²) in [7, 11) is 0. The fourth-order valence-electron chi connectivity index (χ4n) is 3.29. The molecule has 1 fully saturated rings. The van der Waals surface area contributed by atoms with Crippen LogP contribution >= 0.6 is 0 Å². The summed E-state index contributed by atoms with van der Waals surface area (Å²) in [5, 5.41) is 0. The second-order valence-electron chi connectivity index (χ2n) is 6.16. The Balaban J connectivity index is 1.86. The highest BCUT2D eigenvalue weighted by Gasteiger charge is 2.40. The van der Waals surface area contributed by atoms with Gasteiger partial charge in [-0.15, -0.1) is 0 Å². The highest BCUT2D eigenvalue weighted by atomic mass is 16.5. The monoisotopic (exact) mass is 276 g/mol. The molecule has 0 spiro atoms. The van der Waals surface area contributed by atoms with Crippen molar-refractivity contribution >= 4 is 0 Å². The Morgan fingerprint density at radius 3 is 2.40 bits per heavy atom. The summed E-state index contributed by atoms with van der Waals surface area (Å²) in [6.45, 7) is 8.53. The molecule has 0 N–H and O–H groups in total. The molecule has 3 unspecified atom stereocenters. The first-order valence-corrected chi connectivity index (χ1v) is 7.58. The van der Waals surface area contributed by atoms with Crippen molar-refractivity contribution in [1.82, 2.24) is 0 Å². The van der Waals surface area contributed by atoms with E-state index in [1.165, 1.54) is 11.1 Å². The Morgan fingerprint density at radius 2 is 1.65 bits per heavy atom. The smallest absolute Gasteiger partial charge is 0.0862 e. The van der Waals surface area contributed by atoms with Crippen molar-refractivity contribution in [1.29, 1.82) is 0 Å². The predicted octanol–water partition coefficient (Wildman–Crippen LogP) is 3.16. The third-order valence-electron chi connectivity index (χ3n) is 4.84. The molecule has 1 aromatic carbocycles. The van der Waals surface area contributed by atoms with E-state index in [2.05, 4.69) is 45.0 Å². The Morgan fingerprint density at radius 1 is 0.950 bits per heavy atom. The zero-order chi connectivity index (χ0) is 14.1. The molecule has 2 aliphatic heterocycles. The maximum Gasteiger partial charge on any atom is 0.0862 e. The molecule has 0 saturated carbocycles. The molecule has 0 amide bonds. The highest BCUT2D eigenvalue weighted by Crippen LogP contribution is 2.34. The van der Waals surface area contributed by atoms with Gasteiger partial charge in [-0.05, 0) is 18.1 Å². The average molecular weight is 276 g/mol. The van der Waals surface area contributed by atoms with Crippen LogP contribution in [0.4, 0.5) is 0 Å². The molecule has 3 rings (SSSR count). The summed E-state index contributed by atoms with van der Waals surface area (Å²) in [5.41, 5.74) is 2.46. The van der Waals surface area contributed by atoms with Crippen molar-refractivity contribution in [3.8, 4) is 0 Å². The number of ether oxygens (including phenoxy) is 3. The van der Waals surface area contributed by atoms with Crippen LogP contribution in [-0.2, 0) is 27.4 Å². The summed E-state index contributed by atoms with van der Waals surface area (Å²) >= 11 is 0. The fraction of sp³-hybridized carbons (Fsp3) is 0.647. The molecule has 1 saturated heterocycles. The molecule has 2 heterocycles. The summed E-state index contributed by atoms with van der Waals surface area (Å²) in [5.74, 6) is 0.777. The third-order valence-corrected chi connectivity index (χ3v) is 4.84. The summed E-state index contributed by atoms with van der Waals surface area (Å²) < 4.78 is 18.3. The van der Waals surface area contributed by atoms with Gasteiger partial charge in [0.15, 0.2) is 0 Å². The van der Waals surface area contributed by atoms with Crippen LogP contribution in [0.1, 0.15) is 31.9 Å². The quantitative estimate of drug-likeness (QED) is 0.728. The SMILES string of the molecule is CC1OC2COCc3ccccc3COC([C@@H]1C)[C@H]2C. The van der Waals surface area contributed by atoms with Crippen LogP contribution in [-0.4, -0.2) is 24.9 Å². The molecular formula is C17H24O3. The van der Waals surface area contributed by atoms with Crippen LogP contribution in [0, 0.1) is 11.8 Å². The van der Waals surface area contributed by atoms with Crippen LogP contribution < -0.4 is 0 Å². The lowest BCUT2D eigenvalue weighted by molar-refractivity contribution is -0.195. The van der Waals surface area contributed by atoms with Gasteiger partial charge >= 0.3 is 0 Å². The first kappa shape index (κ1) is 14.1. The van der Waals surface area contributed by atoms with Gasteiger partial charge in [0.25, 0.3) is 0 Å². The number of benzene rings is 1. The zero-order valence-corrected chi connectivity index (χ0v) is 12.5. The topological polar surface area (TPSA) is 27.7 Å². The van der Waals surface area contributed by atoms with Gasteiger partial charge in [0.1, 0.15) is 0 Å². The van der Waals surface area contributed by atoms with Gasteiger partial charge in [-0.3, -0.25) is 0 Å². The lowest BCUT2D eigenvalue weighted by Gasteiger charge is -2.44. The normalized spacial score (nSPS) is 38.0. The van der Waals surface area contributed by atoms with E-state index in [1.807, 2.05) is 0 Å². The Labute approximate surface area is 121 Å². The summed E-state index contributed by atoms with van der Waals surface area (Å²) in [6.07, 6.45) is 0.592. The molecule has 0 aliphatic carbocycles.